The van der Waals surface area contributed by atoms with Crippen LogP contribution in [0, 0.1) is 11.3 Å². The summed E-state index contributed by atoms with van der Waals surface area (Å²) < 4.78 is 7.29. The molecule has 1 aromatic heterocycles. The first kappa shape index (κ1) is 16.2. The second-order valence-corrected chi connectivity index (χ2v) is 7.07. The maximum atomic E-state index is 12.3. The van der Waals surface area contributed by atoms with Crippen LogP contribution in [0.5, 0.6) is 0 Å². The fourth-order valence-corrected chi connectivity index (χ4v) is 2.92. The largest absolute Gasteiger partial charge is 0.444 e. The third-order valence-corrected chi connectivity index (χ3v) is 3.99. The van der Waals surface area contributed by atoms with Crippen molar-refractivity contribution in [2.24, 2.45) is 0 Å². The summed E-state index contributed by atoms with van der Waals surface area (Å²) in [5.41, 5.74) is 1.64. The molecule has 3 rings (SSSR count). The van der Waals surface area contributed by atoms with Crippen molar-refractivity contribution in [1.29, 1.82) is 5.26 Å². The molecule has 126 valence electrons. The summed E-state index contributed by atoms with van der Waals surface area (Å²) in [6.07, 6.45) is 1.49. The molecule has 7 nitrogen and oxygen atoms in total. The van der Waals surface area contributed by atoms with Crippen molar-refractivity contribution in [3.63, 3.8) is 0 Å². The number of aromatic nitrogens is 3. The molecule has 7 heteroatoms. The zero-order chi connectivity index (χ0) is 17.3. The fraction of sp³-hybridized carbons (Fsp3) is 0.529. The summed E-state index contributed by atoms with van der Waals surface area (Å²) in [7, 11) is 0. The average Bonchev–Trinajstić information content (AvgIpc) is 2.96. The van der Waals surface area contributed by atoms with E-state index in [1.165, 1.54) is 0 Å². The number of likely N-dealkylation sites (tertiary alicyclic amines) is 1. The van der Waals surface area contributed by atoms with Gasteiger partial charge in [0.1, 0.15) is 11.1 Å². The first-order valence-corrected chi connectivity index (χ1v) is 8.10. The van der Waals surface area contributed by atoms with Gasteiger partial charge < -0.3 is 9.64 Å². The molecule has 0 bridgehead atoms. The highest BCUT2D eigenvalue weighted by Crippen LogP contribution is 2.26. The Morgan fingerprint density at radius 1 is 1.42 bits per heavy atom. The number of amides is 1. The quantitative estimate of drug-likeness (QED) is 0.804. The van der Waals surface area contributed by atoms with E-state index in [9.17, 15) is 4.79 Å². The standard InChI is InChI=1S/C17H21N5O2/c1-17(2,3)24-16(23)21-8-4-5-13(11-21)22-15-9-12(10-18)6-7-14(15)19-20-22/h6-7,9,13H,4-5,8,11H2,1-3H3. The Kier molecular flexibility index (Phi) is 4.14. The van der Waals surface area contributed by atoms with Crippen molar-refractivity contribution >= 4 is 17.1 Å². The molecule has 1 aliphatic heterocycles. The third-order valence-electron chi connectivity index (χ3n) is 3.99. The van der Waals surface area contributed by atoms with Crippen LogP contribution < -0.4 is 0 Å². The van der Waals surface area contributed by atoms with E-state index >= 15 is 0 Å². The molecule has 1 saturated heterocycles. The van der Waals surface area contributed by atoms with Crippen molar-refractivity contribution < 1.29 is 9.53 Å². The smallest absolute Gasteiger partial charge is 0.410 e. The van der Waals surface area contributed by atoms with Crippen molar-refractivity contribution in [2.75, 3.05) is 13.1 Å². The predicted octanol–water partition coefficient (Wildman–Crippen LogP) is 2.87. The van der Waals surface area contributed by atoms with Gasteiger partial charge in [0.05, 0.1) is 23.2 Å². The van der Waals surface area contributed by atoms with Gasteiger partial charge in [-0.25, -0.2) is 9.48 Å². The number of nitrogens with zero attached hydrogens (tertiary/aromatic N) is 5. The summed E-state index contributed by atoms with van der Waals surface area (Å²) >= 11 is 0. The lowest BCUT2D eigenvalue weighted by Crippen LogP contribution is -2.43. The topological polar surface area (TPSA) is 84.0 Å². The Morgan fingerprint density at radius 2 is 2.21 bits per heavy atom. The van der Waals surface area contributed by atoms with E-state index in [1.807, 2.05) is 25.5 Å². The second kappa shape index (κ2) is 6.11. The number of rotatable bonds is 1. The maximum Gasteiger partial charge on any atom is 0.410 e. The van der Waals surface area contributed by atoms with Crippen molar-refractivity contribution in [3.05, 3.63) is 23.8 Å². The lowest BCUT2D eigenvalue weighted by Gasteiger charge is -2.34. The number of nitriles is 1. The van der Waals surface area contributed by atoms with E-state index < -0.39 is 5.60 Å². The molecule has 0 radical (unpaired) electrons. The number of fused-ring (bicyclic) bond motifs is 1. The Morgan fingerprint density at radius 3 is 2.92 bits per heavy atom. The monoisotopic (exact) mass is 327 g/mol. The summed E-state index contributed by atoms with van der Waals surface area (Å²) in [4.78, 5) is 14.0. The molecule has 2 heterocycles. The van der Waals surface area contributed by atoms with Gasteiger partial charge in [-0.15, -0.1) is 5.10 Å². The normalized spacial score (nSPS) is 18.4. The van der Waals surface area contributed by atoms with Gasteiger partial charge in [0.15, 0.2) is 0 Å². The first-order valence-electron chi connectivity index (χ1n) is 8.10. The van der Waals surface area contributed by atoms with Gasteiger partial charge in [0.2, 0.25) is 0 Å². The minimum Gasteiger partial charge on any atom is -0.444 e. The summed E-state index contributed by atoms with van der Waals surface area (Å²) in [5.74, 6) is 0. The second-order valence-electron chi connectivity index (χ2n) is 7.07. The summed E-state index contributed by atoms with van der Waals surface area (Å²) in [6, 6.07) is 7.49. The molecule has 1 unspecified atom stereocenters. The van der Waals surface area contributed by atoms with Crippen LogP contribution >= 0.6 is 0 Å². The molecule has 1 atom stereocenters. The molecule has 0 aliphatic carbocycles. The highest BCUT2D eigenvalue weighted by molar-refractivity contribution is 5.76. The number of hydrogen-bond donors (Lipinski definition) is 0. The van der Waals surface area contributed by atoms with Gasteiger partial charge in [-0.05, 0) is 51.8 Å². The number of piperidine rings is 1. The van der Waals surface area contributed by atoms with E-state index in [4.69, 9.17) is 10.00 Å². The molecule has 1 aromatic carbocycles. The highest BCUT2D eigenvalue weighted by Gasteiger charge is 2.29. The molecule has 1 amide bonds. The van der Waals surface area contributed by atoms with Crippen LogP contribution in [0.15, 0.2) is 18.2 Å². The Bertz CT molecular complexity index is 799. The van der Waals surface area contributed by atoms with E-state index in [-0.39, 0.29) is 12.1 Å². The van der Waals surface area contributed by atoms with Gasteiger partial charge in [-0.1, -0.05) is 5.21 Å². The number of ether oxygens (including phenoxy) is 1. The molecule has 0 N–H and O–H groups in total. The van der Waals surface area contributed by atoms with Gasteiger partial charge in [-0.3, -0.25) is 0 Å². The van der Waals surface area contributed by atoms with Crippen molar-refractivity contribution in [2.45, 2.75) is 45.3 Å². The SMILES string of the molecule is CC(C)(C)OC(=O)N1CCCC(n2nnc3ccc(C#N)cc32)C1. The van der Waals surface area contributed by atoms with Crippen LogP contribution in [0.4, 0.5) is 4.79 Å². The Labute approximate surface area is 140 Å². The summed E-state index contributed by atoms with van der Waals surface area (Å²) in [6.45, 7) is 6.80. The van der Waals surface area contributed by atoms with Crippen molar-refractivity contribution in [3.8, 4) is 6.07 Å². The third kappa shape index (κ3) is 3.32. The Balaban J connectivity index is 1.82. The average molecular weight is 327 g/mol. The number of carbonyl (C=O) groups is 1. The lowest BCUT2D eigenvalue weighted by molar-refractivity contribution is 0.0168. The number of carbonyl (C=O) groups excluding carboxylic acids is 1. The van der Waals surface area contributed by atoms with Gasteiger partial charge >= 0.3 is 6.09 Å². The van der Waals surface area contributed by atoms with Crippen LogP contribution in [0.25, 0.3) is 11.0 Å². The zero-order valence-electron chi connectivity index (χ0n) is 14.2. The molecule has 0 saturated carbocycles. The molecule has 0 spiro atoms. The van der Waals surface area contributed by atoms with Gasteiger partial charge in [-0.2, -0.15) is 5.26 Å². The van der Waals surface area contributed by atoms with E-state index in [1.54, 1.807) is 23.1 Å². The lowest BCUT2D eigenvalue weighted by atomic mass is 10.1. The first-order chi connectivity index (χ1) is 11.4. The van der Waals surface area contributed by atoms with Crippen LogP contribution in [0.1, 0.15) is 45.2 Å². The van der Waals surface area contributed by atoms with Crippen molar-refractivity contribution in [1.82, 2.24) is 19.9 Å². The van der Waals surface area contributed by atoms with E-state index in [0.29, 0.717) is 18.7 Å². The molecule has 1 aliphatic rings. The van der Waals surface area contributed by atoms with Crippen LogP contribution in [-0.4, -0.2) is 44.7 Å². The fourth-order valence-electron chi connectivity index (χ4n) is 2.92. The van der Waals surface area contributed by atoms with Crippen LogP contribution in [-0.2, 0) is 4.74 Å². The molecular weight excluding hydrogens is 306 g/mol. The zero-order valence-corrected chi connectivity index (χ0v) is 14.2. The highest BCUT2D eigenvalue weighted by atomic mass is 16.6. The van der Waals surface area contributed by atoms with Gasteiger partial charge in [0.25, 0.3) is 0 Å². The van der Waals surface area contributed by atoms with Gasteiger partial charge in [0, 0.05) is 13.1 Å². The minimum absolute atomic E-state index is 0.0326. The van der Waals surface area contributed by atoms with Crippen LogP contribution in [0.2, 0.25) is 0 Å². The summed E-state index contributed by atoms with van der Waals surface area (Å²) in [5, 5.41) is 17.5. The molecule has 2 aromatic rings. The molecular formula is C17H21N5O2. The predicted molar refractivity (Wildman–Crippen MR) is 88.3 cm³/mol. The maximum absolute atomic E-state index is 12.3. The number of benzene rings is 1. The van der Waals surface area contributed by atoms with Crippen LogP contribution in [0.3, 0.4) is 0 Å². The van der Waals surface area contributed by atoms with E-state index in [2.05, 4.69) is 16.4 Å². The number of hydrogen-bond acceptors (Lipinski definition) is 5. The van der Waals surface area contributed by atoms with E-state index in [0.717, 1.165) is 23.9 Å². The minimum atomic E-state index is -0.508. The Hall–Kier alpha value is -2.62. The molecule has 24 heavy (non-hydrogen) atoms. The molecule has 1 fully saturated rings.